The van der Waals surface area contributed by atoms with E-state index in [0.29, 0.717) is 5.69 Å². The molecule has 2 aromatic rings. The molecule has 1 aromatic heterocycles. The van der Waals surface area contributed by atoms with Crippen LogP contribution in [-0.2, 0) is 4.74 Å². The second-order valence-electron chi connectivity index (χ2n) is 5.17. The lowest BCUT2D eigenvalue weighted by atomic mass is 10.2. The molecule has 0 spiro atoms. The maximum absolute atomic E-state index is 11.5. The molecule has 100 valence electrons. The van der Waals surface area contributed by atoms with Crippen molar-refractivity contribution in [1.82, 2.24) is 10.4 Å². The van der Waals surface area contributed by atoms with Gasteiger partial charge in [-0.25, -0.2) is 10.2 Å². The van der Waals surface area contributed by atoms with Crippen LogP contribution < -0.4 is 10.9 Å². The number of nitrogens with one attached hydrogen (secondary N) is 2. The number of anilines is 1. The van der Waals surface area contributed by atoms with Crippen LogP contribution in [-0.4, -0.2) is 16.7 Å². The number of fused-ring (bicyclic) bond motifs is 1. The average Bonchev–Trinajstić information content (AvgIpc) is 2.34. The summed E-state index contributed by atoms with van der Waals surface area (Å²) in [5.74, 6) is 0. The Bertz CT molecular complexity index is 591. The zero-order valence-corrected chi connectivity index (χ0v) is 11.2. The van der Waals surface area contributed by atoms with E-state index in [0.717, 1.165) is 10.9 Å². The molecule has 0 aliphatic heterocycles. The Kier molecular flexibility index (Phi) is 3.55. The van der Waals surface area contributed by atoms with Gasteiger partial charge in [0, 0.05) is 5.39 Å². The zero-order chi connectivity index (χ0) is 13.9. The molecule has 19 heavy (non-hydrogen) atoms. The molecule has 2 N–H and O–H groups in total. The van der Waals surface area contributed by atoms with Crippen LogP contribution in [0, 0.1) is 0 Å². The van der Waals surface area contributed by atoms with Gasteiger partial charge in [-0.15, -0.1) is 0 Å². The summed E-state index contributed by atoms with van der Waals surface area (Å²) in [5.41, 5.74) is 6.33. The quantitative estimate of drug-likeness (QED) is 0.813. The van der Waals surface area contributed by atoms with Crippen LogP contribution in [0.15, 0.2) is 36.5 Å². The zero-order valence-electron chi connectivity index (χ0n) is 11.2. The summed E-state index contributed by atoms with van der Waals surface area (Å²) in [7, 11) is 0. The van der Waals surface area contributed by atoms with Gasteiger partial charge in [-0.2, -0.15) is 0 Å². The predicted octanol–water partition coefficient (Wildman–Crippen LogP) is 3.09. The Balaban J connectivity index is 2.00. The van der Waals surface area contributed by atoms with Gasteiger partial charge in [0.25, 0.3) is 0 Å². The van der Waals surface area contributed by atoms with Gasteiger partial charge >= 0.3 is 6.09 Å². The predicted molar refractivity (Wildman–Crippen MR) is 74.7 cm³/mol. The fourth-order valence-electron chi connectivity index (χ4n) is 1.57. The van der Waals surface area contributed by atoms with Gasteiger partial charge in [-0.1, -0.05) is 18.2 Å². The molecule has 1 heterocycles. The summed E-state index contributed by atoms with van der Waals surface area (Å²) in [6, 6.07) is 9.66. The number of ether oxygens (including phenoxy) is 1. The van der Waals surface area contributed by atoms with E-state index in [1.54, 1.807) is 6.20 Å². The number of para-hydroxylation sites is 1. The first kappa shape index (κ1) is 13.1. The van der Waals surface area contributed by atoms with Gasteiger partial charge in [0.15, 0.2) is 0 Å². The normalized spacial score (nSPS) is 11.1. The minimum atomic E-state index is -0.527. The van der Waals surface area contributed by atoms with Crippen molar-refractivity contribution in [3.8, 4) is 0 Å². The Labute approximate surface area is 112 Å². The number of benzene rings is 1. The number of nitrogens with zero attached hydrogens (tertiary/aromatic N) is 1. The number of amides is 1. The number of pyridine rings is 1. The van der Waals surface area contributed by atoms with Crippen LogP contribution in [0.4, 0.5) is 10.5 Å². The van der Waals surface area contributed by atoms with Crippen LogP contribution >= 0.6 is 0 Å². The third kappa shape index (κ3) is 3.84. The van der Waals surface area contributed by atoms with Gasteiger partial charge in [0.05, 0.1) is 17.4 Å². The molecule has 0 aliphatic carbocycles. The van der Waals surface area contributed by atoms with Crippen molar-refractivity contribution in [2.24, 2.45) is 0 Å². The minimum Gasteiger partial charge on any atom is -0.443 e. The maximum atomic E-state index is 11.5. The molecule has 1 amide bonds. The number of hydrogen-bond acceptors (Lipinski definition) is 4. The van der Waals surface area contributed by atoms with Gasteiger partial charge in [0.2, 0.25) is 0 Å². The smallest absolute Gasteiger partial charge is 0.426 e. The lowest BCUT2D eigenvalue weighted by molar-refractivity contribution is 0.0541. The summed E-state index contributed by atoms with van der Waals surface area (Å²) in [4.78, 5) is 15.8. The molecule has 5 nitrogen and oxygen atoms in total. The summed E-state index contributed by atoms with van der Waals surface area (Å²) in [5, 5.41) is 0.999. The third-order valence-electron chi connectivity index (χ3n) is 2.30. The van der Waals surface area contributed by atoms with Crippen LogP contribution in [0.25, 0.3) is 10.9 Å². The fraction of sp³-hybridized carbons (Fsp3) is 0.286. The second-order valence-corrected chi connectivity index (χ2v) is 5.17. The van der Waals surface area contributed by atoms with Gasteiger partial charge < -0.3 is 4.74 Å². The van der Waals surface area contributed by atoms with Crippen LogP contribution in [0.2, 0.25) is 0 Å². The van der Waals surface area contributed by atoms with Crippen molar-refractivity contribution in [3.05, 3.63) is 36.5 Å². The van der Waals surface area contributed by atoms with Crippen molar-refractivity contribution >= 4 is 22.7 Å². The first-order chi connectivity index (χ1) is 8.94. The summed E-state index contributed by atoms with van der Waals surface area (Å²) >= 11 is 0. The lowest BCUT2D eigenvalue weighted by Crippen LogP contribution is -2.35. The summed E-state index contributed by atoms with van der Waals surface area (Å²) < 4.78 is 5.11. The summed E-state index contributed by atoms with van der Waals surface area (Å²) in [6.07, 6.45) is 1.13. The van der Waals surface area contributed by atoms with E-state index in [1.807, 2.05) is 51.1 Å². The number of carbonyl (C=O) groups is 1. The molecule has 1 aromatic carbocycles. The largest absolute Gasteiger partial charge is 0.443 e. The highest BCUT2D eigenvalue weighted by atomic mass is 16.6. The molecule has 0 radical (unpaired) electrons. The van der Waals surface area contributed by atoms with Crippen molar-refractivity contribution in [3.63, 3.8) is 0 Å². The Morgan fingerprint density at radius 2 is 2.00 bits per heavy atom. The van der Waals surface area contributed by atoms with E-state index < -0.39 is 11.7 Å². The molecule has 0 fully saturated rings. The van der Waals surface area contributed by atoms with Crippen LogP contribution in [0.1, 0.15) is 20.8 Å². The molecule has 0 bridgehead atoms. The van der Waals surface area contributed by atoms with Crippen molar-refractivity contribution in [1.29, 1.82) is 0 Å². The Hall–Kier alpha value is -2.30. The molecule has 0 unspecified atom stereocenters. The van der Waals surface area contributed by atoms with E-state index >= 15 is 0 Å². The molecule has 0 saturated carbocycles. The number of carbonyl (C=O) groups excluding carboxylic acids is 1. The third-order valence-corrected chi connectivity index (χ3v) is 2.30. The van der Waals surface area contributed by atoms with Gasteiger partial charge in [-0.3, -0.25) is 10.4 Å². The highest BCUT2D eigenvalue weighted by Gasteiger charge is 2.15. The number of hydrazine groups is 1. The van der Waals surface area contributed by atoms with Crippen molar-refractivity contribution in [2.45, 2.75) is 26.4 Å². The van der Waals surface area contributed by atoms with Crippen molar-refractivity contribution < 1.29 is 9.53 Å². The minimum absolute atomic E-state index is 0.520. The fourth-order valence-corrected chi connectivity index (χ4v) is 1.57. The first-order valence-corrected chi connectivity index (χ1v) is 6.04. The van der Waals surface area contributed by atoms with E-state index in [-0.39, 0.29) is 0 Å². The van der Waals surface area contributed by atoms with E-state index in [1.165, 1.54) is 0 Å². The molecule has 0 atom stereocenters. The topological polar surface area (TPSA) is 63.2 Å². The van der Waals surface area contributed by atoms with Gasteiger partial charge in [0.1, 0.15) is 5.60 Å². The monoisotopic (exact) mass is 259 g/mol. The van der Waals surface area contributed by atoms with E-state index in [2.05, 4.69) is 15.8 Å². The van der Waals surface area contributed by atoms with Crippen LogP contribution in [0.5, 0.6) is 0 Å². The summed E-state index contributed by atoms with van der Waals surface area (Å²) in [6.45, 7) is 5.43. The Morgan fingerprint density at radius 1 is 1.26 bits per heavy atom. The molecule has 0 saturated heterocycles. The molecule has 5 heteroatoms. The average molecular weight is 259 g/mol. The number of hydrogen-bond donors (Lipinski definition) is 2. The maximum Gasteiger partial charge on any atom is 0.426 e. The first-order valence-electron chi connectivity index (χ1n) is 6.04. The Morgan fingerprint density at radius 3 is 2.74 bits per heavy atom. The number of rotatable bonds is 2. The lowest BCUT2D eigenvalue weighted by Gasteiger charge is -2.20. The highest BCUT2D eigenvalue weighted by Crippen LogP contribution is 2.15. The van der Waals surface area contributed by atoms with Crippen molar-refractivity contribution in [2.75, 3.05) is 5.43 Å². The van der Waals surface area contributed by atoms with Gasteiger partial charge in [-0.05, 0) is 32.9 Å². The van der Waals surface area contributed by atoms with E-state index in [4.69, 9.17) is 4.74 Å². The standard InChI is InChI=1S/C14H17N3O2/c1-14(2,3)19-13(18)17-16-11-8-10-6-4-5-7-12(10)15-9-11/h4-9,16H,1-3H3,(H,17,18). The van der Waals surface area contributed by atoms with Crippen LogP contribution in [0.3, 0.4) is 0 Å². The molecular weight excluding hydrogens is 242 g/mol. The second kappa shape index (κ2) is 5.14. The van der Waals surface area contributed by atoms with E-state index in [9.17, 15) is 4.79 Å². The molecule has 0 aliphatic rings. The molecular formula is C14H17N3O2. The number of aromatic nitrogens is 1. The highest BCUT2D eigenvalue weighted by molar-refractivity contribution is 5.81. The molecule has 2 rings (SSSR count). The SMILES string of the molecule is CC(C)(C)OC(=O)NNc1cnc2ccccc2c1.